The number of aliphatic hydroxyl groups is 1. The minimum absolute atomic E-state index is 0.215. The Morgan fingerprint density at radius 1 is 1.38 bits per heavy atom. The van der Waals surface area contributed by atoms with Crippen LogP contribution in [0, 0.1) is 0 Å². The van der Waals surface area contributed by atoms with Crippen LogP contribution in [0.15, 0.2) is 18.3 Å². The number of unbranched alkanes of at least 4 members (excludes halogenated alkanes) is 2. The van der Waals surface area contributed by atoms with E-state index in [0.29, 0.717) is 5.82 Å². The van der Waals surface area contributed by atoms with Crippen molar-refractivity contribution in [1.82, 2.24) is 4.98 Å². The molecule has 0 aromatic carbocycles. The number of nitrogens with zero attached hydrogens (tertiary/aromatic N) is 1. The first-order chi connectivity index (χ1) is 7.74. The number of aromatic carboxylic acids is 1. The number of carbonyl (C=O) groups is 1. The summed E-state index contributed by atoms with van der Waals surface area (Å²) in [5.74, 6) is -0.380. The molecule has 0 fully saturated rings. The molecule has 0 spiro atoms. The first-order valence-corrected chi connectivity index (χ1v) is 5.28. The van der Waals surface area contributed by atoms with Gasteiger partial charge in [0, 0.05) is 19.3 Å². The van der Waals surface area contributed by atoms with Crippen LogP contribution >= 0.6 is 0 Å². The molecule has 1 aromatic rings. The molecule has 0 amide bonds. The molecule has 1 rings (SSSR count). The molecular formula is C11H16N2O3. The number of nitrogens with one attached hydrogen (secondary N) is 1. The second-order valence-corrected chi connectivity index (χ2v) is 3.45. The first-order valence-electron chi connectivity index (χ1n) is 5.28. The normalized spacial score (nSPS) is 10.1. The van der Waals surface area contributed by atoms with E-state index >= 15 is 0 Å². The lowest BCUT2D eigenvalue weighted by Crippen LogP contribution is -2.05. The number of anilines is 1. The van der Waals surface area contributed by atoms with E-state index in [4.69, 9.17) is 10.2 Å². The molecule has 0 aliphatic heterocycles. The van der Waals surface area contributed by atoms with Crippen molar-refractivity contribution in [3.8, 4) is 0 Å². The summed E-state index contributed by atoms with van der Waals surface area (Å²) in [5.41, 5.74) is 0.229. The van der Waals surface area contributed by atoms with Crippen molar-refractivity contribution < 1.29 is 15.0 Å². The first kappa shape index (κ1) is 12.4. The van der Waals surface area contributed by atoms with Gasteiger partial charge in [-0.2, -0.15) is 0 Å². The Kier molecular flexibility index (Phi) is 5.28. The van der Waals surface area contributed by atoms with E-state index in [1.807, 2.05) is 0 Å². The largest absolute Gasteiger partial charge is 0.478 e. The summed E-state index contributed by atoms with van der Waals surface area (Å²) in [5, 5.41) is 20.4. The minimum atomic E-state index is -0.953. The lowest BCUT2D eigenvalue weighted by atomic mass is 10.2. The van der Waals surface area contributed by atoms with Crippen LogP contribution in [0.1, 0.15) is 29.6 Å². The van der Waals surface area contributed by atoms with Crippen molar-refractivity contribution in [2.24, 2.45) is 0 Å². The molecule has 5 nitrogen and oxygen atoms in total. The van der Waals surface area contributed by atoms with Gasteiger partial charge in [0.25, 0.3) is 0 Å². The lowest BCUT2D eigenvalue weighted by Gasteiger charge is -2.05. The Morgan fingerprint density at radius 3 is 2.88 bits per heavy atom. The van der Waals surface area contributed by atoms with Crippen molar-refractivity contribution in [3.63, 3.8) is 0 Å². The Hall–Kier alpha value is -1.62. The highest BCUT2D eigenvalue weighted by Crippen LogP contribution is 2.07. The van der Waals surface area contributed by atoms with E-state index in [2.05, 4.69) is 10.3 Å². The van der Waals surface area contributed by atoms with Crippen molar-refractivity contribution in [3.05, 3.63) is 23.9 Å². The summed E-state index contributed by atoms with van der Waals surface area (Å²) in [4.78, 5) is 14.7. The topological polar surface area (TPSA) is 82.5 Å². The summed E-state index contributed by atoms with van der Waals surface area (Å²) in [7, 11) is 0. The van der Waals surface area contributed by atoms with Crippen LogP contribution in [0.5, 0.6) is 0 Å². The summed E-state index contributed by atoms with van der Waals surface area (Å²) in [6, 6.07) is 2.97. The maximum Gasteiger partial charge on any atom is 0.335 e. The monoisotopic (exact) mass is 224 g/mol. The van der Waals surface area contributed by atoms with Crippen LogP contribution in [-0.4, -0.2) is 34.3 Å². The molecule has 16 heavy (non-hydrogen) atoms. The number of aliphatic hydroxyl groups excluding tert-OH is 1. The molecule has 0 aliphatic rings. The van der Waals surface area contributed by atoms with E-state index in [9.17, 15) is 4.79 Å². The highest BCUT2D eigenvalue weighted by molar-refractivity contribution is 5.88. The maximum absolute atomic E-state index is 10.7. The zero-order chi connectivity index (χ0) is 11.8. The molecule has 0 unspecified atom stereocenters. The van der Waals surface area contributed by atoms with E-state index in [1.165, 1.54) is 18.3 Å². The fourth-order valence-electron chi connectivity index (χ4n) is 1.29. The molecule has 1 heterocycles. The summed E-state index contributed by atoms with van der Waals surface area (Å²) in [6.45, 7) is 0.947. The van der Waals surface area contributed by atoms with E-state index in [1.54, 1.807) is 0 Å². The van der Waals surface area contributed by atoms with Gasteiger partial charge in [0.1, 0.15) is 5.82 Å². The van der Waals surface area contributed by atoms with E-state index < -0.39 is 5.97 Å². The third kappa shape index (κ3) is 4.27. The van der Waals surface area contributed by atoms with Gasteiger partial charge in [-0.15, -0.1) is 0 Å². The van der Waals surface area contributed by atoms with Gasteiger partial charge in [0.05, 0.1) is 5.56 Å². The molecule has 0 saturated carbocycles. The Bertz CT molecular complexity index is 342. The maximum atomic E-state index is 10.7. The number of aromatic nitrogens is 1. The third-order valence-corrected chi connectivity index (χ3v) is 2.15. The van der Waals surface area contributed by atoms with Crippen LogP contribution in [0.3, 0.4) is 0 Å². The van der Waals surface area contributed by atoms with Crippen LogP contribution in [0.25, 0.3) is 0 Å². The molecular weight excluding hydrogens is 208 g/mol. The average molecular weight is 224 g/mol. The average Bonchev–Trinajstić information content (AvgIpc) is 2.29. The molecule has 0 aliphatic carbocycles. The van der Waals surface area contributed by atoms with Gasteiger partial charge in [0.15, 0.2) is 0 Å². The highest BCUT2D eigenvalue weighted by atomic mass is 16.4. The van der Waals surface area contributed by atoms with Gasteiger partial charge in [-0.3, -0.25) is 0 Å². The van der Waals surface area contributed by atoms with Gasteiger partial charge in [-0.25, -0.2) is 9.78 Å². The number of hydrogen-bond acceptors (Lipinski definition) is 4. The Balaban J connectivity index is 2.36. The number of rotatable bonds is 7. The van der Waals surface area contributed by atoms with Gasteiger partial charge >= 0.3 is 5.97 Å². The van der Waals surface area contributed by atoms with Crippen molar-refractivity contribution in [2.75, 3.05) is 18.5 Å². The summed E-state index contributed by atoms with van der Waals surface area (Å²) >= 11 is 0. The SMILES string of the molecule is O=C(O)c1ccnc(NCCCCCO)c1. The number of carboxylic acids is 1. The van der Waals surface area contributed by atoms with Crippen molar-refractivity contribution >= 4 is 11.8 Å². The summed E-state index contributed by atoms with van der Waals surface area (Å²) < 4.78 is 0. The molecule has 88 valence electrons. The molecule has 3 N–H and O–H groups in total. The summed E-state index contributed by atoms with van der Waals surface area (Å²) in [6.07, 6.45) is 4.14. The zero-order valence-corrected chi connectivity index (χ0v) is 9.02. The molecule has 5 heteroatoms. The fraction of sp³-hybridized carbons (Fsp3) is 0.455. The number of carboxylic acid groups (broad SMARTS) is 1. The Morgan fingerprint density at radius 2 is 2.19 bits per heavy atom. The van der Waals surface area contributed by atoms with Gasteiger partial charge < -0.3 is 15.5 Å². The smallest absolute Gasteiger partial charge is 0.335 e. The second kappa shape index (κ2) is 6.79. The van der Waals surface area contributed by atoms with Gasteiger partial charge in [0.2, 0.25) is 0 Å². The van der Waals surface area contributed by atoms with E-state index in [-0.39, 0.29) is 12.2 Å². The van der Waals surface area contributed by atoms with Crippen LogP contribution in [-0.2, 0) is 0 Å². The van der Waals surface area contributed by atoms with Gasteiger partial charge in [-0.05, 0) is 31.4 Å². The standard InChI is InChI=1S/C11H16N2O3/c14-7-3-1-2-5-12-10-8-9(11(15)16)4-6-13-10/h4,6,8,14H,1-3,5,7H2,(H,12,13)(H,15,16). The van der Waals surface area contributed by atoms with Crippen LogP contribution in [0.4, 0.5) is 5.82 Å². The Labute approximate surface area is 94.1 Å². The molecule has 0 radical (unpaired) electrons. The number of pyridine rings is 1. The quantitative estimate of drug-likeness (QED) is 0.609. The molecule has 0 bridgehead atoms. The van der Waals surface area contributed by atoms with Crippen LogP contribution in [0.2, 0.25) is 0 Å². The van der Waals surface area contributed by atoms with Crippen molar-refractivity contribution in [2.45, 2.75) is 19.3 Å². The molecule has 0 atom stereocenters. The number of hydrogen-bond donors (Lipinski definition) is 3. The van der Waals surface area contributed by atoms with Crippen molar-refractivity contribution in [1.29, 1.82) is 0 Å². The zero-order valence-electron chi connectivity index (χ0n) is 9.02. The molecule has 1 aromatic heterocycles. The van der Waals surface area contributed by atoms with Crippen LogP contribution < -0.4 is 5.32 Å². The van der Waals surface area contributed by atoms with Gasteiger partial charge in [-0.1, -0.05) is 0 Å². The second-order valence-electron chi connectivity index (χ2n) is 3.45. The fourth-order valence-corrected chi connectivity index (χ4v) is 1.29. The minimum Gasteiger partial charge on any atom is -0.478 e. The third-order valence-electron chi connectivity index (χ3n) is 2.15. The predicted octanol–water partition coefficient (Wildman–Crippen LogP) is 1.35. The highest BCUT2D eigenvalue weighted by Gasteiger charge is 2.03. The molecule has 0 saturated heterocycles. The predicted molar refractivity (Wildman–Crippen MR) is 60.6 cm³/mol. The van der Waals surface area contributed by atoms with E-state index in [0.717, 1.165) is 25.8 Å². The lowest BCUT2D eigenvalue weighted by molar-refractivity contribution is 0.0697.